The standard InChI is InChI=1S/C22H18N2O3S2/c1-23-13-15(16-9-5-6-10-17(16)23)12-19-20(25)24(22(28)29-19)18(21(26)27)11-14-7-3-2-4-8-14/h2-10,12-13,18H,11H2,1H3,(H,26,27)/p-1/b19-12-/t18-/m1/s1. The Kier molecular flexibility index (Phi) is 5.25. The Morgan fingerprint density at radius 2 is 1.86 bits per heavy atom. The molecule has 4 rings (SSSR count). The Labute approximate surface area is 177 Å². The summed E-state index contributed by atoms with van der Waals surface area (Å²) in [6.45, 7) is 0. The normalized spacial score (nSPS) is 16.7. The summed E-state index contributed by atoms with van der Waals surface area (Å²) in [5.41, 5.74) is 2.73. The molecule has 2 aromatic carbocycles. The van der Waals surface area contributed by atoms with Crippen LogP contribution in [0.15, 0.2) is 65.7 Å². The zero-order chi connectivity index (χ0) is 20.5. The van der Waals surface area contributed by atoms with E-state index in [-0.39, 0.29) is 10.7 Å². The second-order valence-electron chi connectivity index (χ2n) is 6.79. The van der Waals surface area contributed by atoms with Crippen molar-refractivity contribution in [1.82, 2.24) is 9.47 Å². The number of hydrogen-bond donors (Lipinski definition) is 0. The third-order valence-corrected chi connectivity index (χ3v) is 6.22. The smallest absolute Gasteiger partial charge is 0.266 e. The van der Waals surface area contributed by atoms with Crippen molar-refractivity contribution in [3.63, 3.8) is 0 Å². The van der Waals surface area contributed by atoms with E-state index in [9.17, 15) is 14.7 Å². The minimum absolute atomic E-state index is 0.136. The predicted octanol–water partition coefficient (Wildman–Crippen LogP) is 2.74. The van der Waals surface area contributed by atoms with Gasteiger partial charge in [-0.2, -0.15) is 0 Å². The van der Waals surface area contributed by atoms with Gasteiger partial charge in [0.1, 0.15) is 4.32 Å². The zero-order valence-electron chi connectivity index (χ0n) is 15.6. The van der Waals surface area contributed by atoms with E-state index in [2.05, 4.69) is 0 Å². The molecule has 1 amide bonds. The van der Waals surface area contributed by atoms with Crippen molar-refractivity contribution in [2.24, 2.45) is 7.05 Å². The molecule has 1 aliphatic rings. The molecule has 1 saturated heterocycles. The van der Waals surface area contributed by atoms with Crippen LogP contribution < -0.4 is 5.11 Å². The lowest BCUT2D eigenvalue weighted by Gasteiger charge is -2.27. The molecular formula is C22H17N2O3S2-. The van der Waals surface area contributed by atoms with Gasteiger partial charge in [0.05, 0.1) is 16.9 Å². The number of aromatic nitrogens is 1. The molecule has 7 heteroatoms. The monoisotopic (exact) mass is 421 g/mol. The number of carboxylic acids is 1. The van der Waals surface area contributed by atoms with E-state index in [1.54, 1.807) is 6.08 Å². The molecule has 2 heterocycles. The topological polar surface area (TPSA) is 65.4 Å². The highest BCUT2D eigenvalue weighted by molar-refractivity contribution is 8.26. The number of fused-ring (bicyclic) bond motifs is 1. The molecule has 0 unspecified atom stereocenters. The molecule has 0 saturated carbocycles. The number of carbonyl (C=O) groups excluding carboxylic acids is 2. The summed E-state index contributed by atoms with van der Waals surface area (Å²) in [7, 11) is 1.94. The van der Waals surface area contributed by atoms with Gasteiger partial charge in [-0.15, -0.1) is 0 Å². The Balaban J connectivity index is 1.67. The first kappa shape index (κ1) is 19.4. The quantitative estimate of drug-likeness (QED) is 0.468. The van der Waals surface area contributed by atoms with Crippen LogP contribution in [0.25, 0.3) is 17.0 Å². The van der Waals surface area contributed by atoms with Crippen molar-refractivity contribution in [2.45, 2.75) is 12.5 Å². The highest BCUT2D eigenvalue weighted by Crippen LogP contribution is 2.36. The number of carboxylic acid groups (broad SMARTS) is 1. The maximum Gasteiger partial charge on any atom is 0.266 e. The largest absolute Gasteiger partial charge is 0.548 e. The van der Waals surface area contributed by atoms with E-state index >= 15 is 0 Å². The van der Waals surface area contributed by atoms with Gasteiger partial charge < -0.3 is 14.5 Å². The van der Waals surface area contributed by atoms with E-state index in [0.29, 0.717) is 4.91 Å². The van der Waals surface area contributed by atoms with Crippen LogP contribution in [0.2, 0.25) is 0 Å². The van der Waals surface area contributed by atoms with Crippen molar-refractivity contribution in [3.05, 3.63) is 76.8 Å². The van der Waals surface area contributed by atoms with Gasteiger partial charge in [-0.1, -0.05) is 72.5 Å². The van der Waals surface area contributed by atoms with Gasteiger partial charge in [-0.3, -0.25) is 9.69 Å². The van der Waals surface area contributed by atoms with Crippen LogP contribution >= 0.6 is 24.0 Å². The van der Waals surface area contributed by atoms with Gasteiger partial charge in [-0.05, 0) is 24.1 Å². The number of benzene rings is 2. The molecule has 1 aliphatic heterocycles. The summed E-state index contributed by atoms with van der Waals surface area (Å²) in [6, 6.07) is 15.9. The number of thiocarbonyl (C=S) groups is 1. The first-order chi connectivity index (χ1) is 14.0. The summed E-state index contributed by atoms with van der Waals surface area (Å²) in [6.07, 6.45) is 3.85. The molecular weight excluding hydrogens is 404 g/mol. The second-order valence-corrected chi connectivity index (χ2v) is 8.46. The third-order valence-electron chi connectivity index (χ3n) is 4.89. The molecule has 5 nitrogen and oxygen atoms in total. The number of amides is 1. The Hall–Kier alpha value is -2.90. The molecule has 0 aliphatic carbocycles. The van der Waals surface area contributed by atoms with Crippen LogP contribution in [0.3, 0.4) is 0 Å². The average Bonchev–Trinajstić information content (AvgIpc) is 3.17. The molecule has 29 heavy (non-hydrogen) atoms. The Morgan fingerprint density at radius 3 is 2.59 bits per heavy atom. The van der Waals surface area contributed by atoms with Gasteiger partial charge in [0.25, 0.3) is 5.91 Å². The lowest BCUT2D eigenvalue weighted by molar-refractivity contribution is -0.310. The fraction of sp³-hybridized carbons (Fsp3) is 0.136. The van der Waals surface area contributed by atoms with Crippen molar-refractivity contribution < 1.29 is 14.7 Å². The molecule has 1 fully saturated rings. The van der Waals surface area contributed by atoms with E-state index < -0.39 is 17.9 Å². The molecule has 0 radical (unpaired) electrons. The number of hydrogen-bond acceptors (Lipinski definition) is 5. The molecule has 1 aromatic heterocycles. The second kappa shape index (κ2) is 7.85. The number of rotatable bonds is 5. The molecule has 0 bridgehead atoms. The summed E-state index contributed by atoms with van der Waals surface area (Å²) >= 11 is 6.47. The molecule has 0 N–H and O–H groups in total. The van der Waals surface area contributed by atoms with Crippen LogP contribution in [0, 0.1) is 0 Å². The lowest BCUT2D eigenvalue weighted by atomic mass is 10.0. The van der Waals surface area contributed by atoms with Crippen LogP contribution in [0.1, 0.15) is 11.1 Å². The number of thioether (sulfide) groups is 1. The van der Waals surface area contributed by atoms with Gasteiger partial charge in [0.15, 0.2) is 0 Å². The Bertz CT molecular complexity index is 1150. The maximum absolute atomic E-state index is 13.1. The van der Waals surface area contributed by atoms with E-state index in [4.69, 9.17) is 12.2 Å². The summed E-state index contributed by atoms with van der Waals surface area (Å²) in [5, 5.41) is 12.8. The molecule has 0 spiro atoms. The van der Waals surface area contributed by atoms with E-state index in [1.165, 1.54) is 4.90 Å². The first-order valence-electron chi connectivity index (χ1n) is 9.01. The lowest BCUT2D eigenvalue weighted by Crippen LogP contribution is -2.51. The fourth-order valence-corrected chi connectivity index (χ4v) is 4.84. The molecule has 3 aromatic rings. The van der Waals surface area contributed by atoms with Crippen LogP contribution in [0.5, 0.6) is 0 Å². The number of aryl methyl sites for hydroxylation is 1. The number of nitrogens with zero attached hydrogens (tertiary/aromatic N) is 2. The van der Waals surface area contributed by atoms with Crippen molar-refractivity contribution >= 4 is 57.2 Å². The average molecular weight is 422 g/mol. The number of aliphatic carboxylic acids is 1. The van der Waals surface area contributed by atoms with E-state index in [0.717, 1.165) is 33.8 Å². The van der Waals surface area contributed by atoms with Crippen LogP contribution in [0.4, 0.5) is 0 Å². The SMILES string of the molecule is Cn1cc(/C=C2\SC(=S)N([C@H](Cc3ccccc3)C(=O)[O-])C2=O)c2ccccc21. The highest BCUT2D eigenvalue weighted by atomic mass is 32.2. The van der Waals surface area contributed by atoms with Gasteiger partial charge in [-0.25, -0.2) is 0 Å². The molecule has 146 valence electrons. The minimum Gasteiger partial charge on any atom is -0.548 e. The predicted molar refractivity (Wildman–Crippen MR) is 117 cm³/mol. The van der Waals surface area contributed by atoms with Gasteiger partial charge in [0.2, 0.25) is 0 Å². The fourth-order valence-electron chi connectivity index (χ4n) is 3.50. The summed E-state index contributed by atoms with van der Waals surface area (Å²) in [5.74, 6) is -1.73. The Morgan fingerprint density at radius 1 is 1.17 bits per heavy atom. The van der Waals surface area contributed by atoms with E-state index in [1.807, 2.05) is 72.4 Å². The third kappa shape index (κ3) is 3.71. The van der Waals surface area contributed by atoms with Crippen molar-refractivity contribution in [1.29, 1.82) is 0 Å². The number of carbonyl (C=O) groups is 2. The first-order valence-corrected chi connectivity index (χ1v) is 10.2. The maximum atomic E-state index is 13.1. The number of para-hydroxylation sites is 1. The zero-order valence-corrected chi connectivity index (χ0v) is 17.2. The van der Waals surface area contributed by atoms with Gasteiger partial charge in [0, 0.05) is 29.7 Å². The molecule has 1 atom stereocenters. The van der Waals surface area contributed by atoms with Gasteiger partial charge >= 0.3 is 0 Å². The minimum atomic E-state index is -1.32. The van der Waals surface area contributed by atoms with Crippen molar-refractivity contribution in [3.8, 4) is 0 Å². The van der Waals surface area contributed by atoms with Crippen LogP contribution in [-0.2, 0) is 23.1 Å². The van der Waals surface area contributed by atoms with Crippen molar-refractivity contribution in [2.75, 3.05) is 0 Å². The summed E-state index contributed by atoms with van der Waals surface area (Å²) in [4.78, 5) is 26.5. The van der Waals surface area contributed by atoms with Crippen LogP contribution in [-0.4, -0.2) is 31.7 Å². The summed E-state index contributed by atoms with van der Waals surface area (Å²) < 4.78 is 2.22. The highest BCUT2D eigenvalue weighted by Gasteiger charge is 2.38.